The molecule has 2 heterocycles. The van der Waals surface area contributed by atoms with Crippen molar-refractivity contribution in [1.29, 1.82) is 0 Å². The van der Waals surface area contributed by atoms with E-state index < -0.39 is 11.7 Å². The van der Waals surface area contributed by atoms with Crippen molar-refractivity contribution in [2.75, 3.05) is 0 Å². The van der Waals surface area contributed by atoms with Gasteiger partial charge in [0.2, 0.25) is 0 Å². The number of rotatable bonds is 0. The Bertz CT molecular complexity index is 475. The SMILES string of the molecule is FC(F)(F)c1ccn2c(I)cnc2c1. The zero-order valence-corrected chi connectivity index (χ0v) is 8.87. The van der Waals surface area contributed by atoms with Crippen molar-refractivity contribution in [2.24, 2.45) is 0 Å². The highest BCUT2D eigenvalue weighted by molar-refractivity contribution is 14.1. The lowest BCUT2D eigenvalue weighted by Gasteiger charge is -2.06. The molecule has 0 spiro atoms. The van der Waals surface area contributed by atoms with Gasteiger partial charge in [-0.15, -0.1) is 0 Å². The summed E-state index contributed by atoms with van der Waals surface area (Å²) >= 11 is 2.01. The normalized spacial score (nSPS) is 12.3. The molecule has 6 heteroatoms. The molecular formula is C8H4F3IN2. The zero-order valence-electron chi connectivity index (χ0n) is 6.72. The number of pyridine rings is 1. The Morgan fingerprint density at radius 2 is 2.07 bits per heavy atom. The molecule has 0 atom stereocenters. The highest BCUT2D eigenvalue weighted by Gasteiger charge is 2.30. The first-order chi connectivity index (χ1) is 6.48. The monoisotopic (exact) mass is 312 g/mol. The third-order valence-electron chi connectivity index (χ3n) is 1.80. The number of aromatic nitrogens is 2. The van der Waals surface area contributed by atoms with Gasteiger partial charge >= 0.3 is 6.18 Å². The third kappa shape index (κ3) is 1.58. The molecule has 0 saturated heterocycles. The van der Waals surface area contributed by atoms with Gasteiger partial charge in [0.05, 0.1) is 11.8 Å². The van der Waals surface area contributed by atoms with Crippen LogP contribution in [-0.2, 0) is 6.18 Å². The molecule has 0 unspecified atom stereocenters. The maximum absolute atomic E-state index is 12.3. The van der Waals surface area contributed by atoms with E-state index in [2.05, 4.69) is 4.98 Å². The highest BCUT2D eigenvalue weighted by atomic mass is 127. The van der Waals surface area contributed by atoms with Gasteiger partial charge in [-0.1, -0.05) is 0 Å². The number of imidazole rings is 1. The van der Waals surface area contributed by atoms with Crippen molar-refractivity contribution in [1.82, 2.24) is 9.38 Å². The molecule has 74 valence electrons. The van der Waals surface area contributed by atoms with Gasteiger partial charge in [0.25, 0.3) is 0 Å². The first-order valence-electron chi connectivity index (χ1n) is 3.68. The number of hydrogen-bond acceptors (Lipinski definition) is 1. The molecule has 0 saturated carbocycles. The number of nitrogens with zero attached hydrogens (tertiary/aromatic N) is 2. The van der Waals surface area contributed by atoms with Crippen molar-refractivity contribution >= 4 is 28.2 Å². The Hall–Kier alpha value is -0.790. The summed E-state index contributed by atoms with van der Waals surface area (Å²) in [6.07, 6.45) is -1.41. The quantitative estimate of drug-likeness (QED) is 0.684. The van der Waals surface area contributed by atoms with Crippen LogP contribution in [0.25, 0.3) is 5.65 Å². The second-order valence-electron chi connectivity index (χ2n) is 2.72. The van der Waals surface area contributed by atoms with E-state index in [9.17, 15) is 13.2 Å². The summed E-state index contributed by atoms with van der Waals surface area (Å²) in [5, 5.41) is 0. The number of fused-ring (bicyclic) bond motifs is 1. The first kappa shape index (κ1) is 9.75. The second kappa shape index (κ2) is 3.11. The van der Waals surface area contributed by atoms with Gasteiger partial charge in [0.15, 0.2) is 0 Å². The average molecular weight is 312 g/mol. The smallest absolute Gasteiger partial charge is 0.295 e. The molecule has 2 aromatic heterocycles. The van der Waals surface area contributed by atoms with Gasteiger partial charge in [0.1, 0.15) is 9.35 Å². The van der Waals surface area contributed by atoms with Crippen LogP contribution in [-0.4, -0.2) is 9.38 Å². The average Bonchev–Trinajstić information content (AvgIpc) is 2.46. The van der Waals surface area contributed by atoms with Gasteiger partial charge in [-0.2, -0.15) is 13.2 Å². The molecule has 2 aromatic rings. The van der Waals surface area contributed by atoms with E-state index in [0.717, 1.165) is 15.8 Å². The second-order valence-corrected chi connectivity index (χ2v) is 3.83. The maximum atomic E-state index is 12.3. The van der Waals surface area contributed by atoms with Gasteiger partial charge < -0.3 is 0 Å². The van der Waals surface area contributed by atoms with Gasteiger partial charge in [-0.25, -0.2) is 4.98 Å². The summed E-state index contributed by atoms with van der Waals surface area (Å²) in [6.45, 7) is 0. The number of hydrogen-bond donors (Lipinski definition) is 0. The van der Waals surface area contributed by atoms with Crippen molar-refractivity contribution in [3.63, 3.8) is 0 Å². The van der Waals surface area contributed by atoms with Crippen LogP contribution >= 0.6 is 22.6 Å². The lowest BCUT2D eigenvalue weighted by Crippen LogP contribution is -2.05. The van der Waals surface area contributed by atoms with E-state index in [0.29, 0.717) is 5.65 Å². The van der Waals surface area contributed by atoms with E-state index in [4.69, 9.17) is 0 Å². The largest absolute Gasteiger partial charge is 0.416 e. The van der Waals surface area contributed by atoms with E-state index in [1.165, 1.54) is 12.4 Å². The van der Waals surface area contributed by atoms with Crippen molar-refractivity contribution in [2.45, 2.75) is 6.18 Å². The van der Waals surface area contributed by atoms with Crippen LogP contribution in [0, 0.1) is 3.70 Å². The Morgan fingerprint density at radius 1 is 1.36 bits per heavy atom. The van der Waals surface area contributed by atoms with Gasteiger partial charge in [-0.05, 0) is 34.7 Å². The predicted octanol–water partition coefficient (Wildman–Crippen LogP) is 2.96. The summed E-state index contributed by atoms with van der Waals surface area (Å²) in [7, 11) is 0. The molecule has 14 heavy (non-hydrogen) atoms. The summed E-state index contributed by atoms with van der Waals surface area (Å²) < 4.78 is 39.2. The van der Waals surface area contributed by atoms with Crippen LogP contribution < -0.4 is 0 Å². The molecule has 2 rings (SSSR count). The van der Waals surface area contributed by atoms with Crippen LogP contribution in [0.15, 0.2) is 24.5 Å². The predicted molar refractivity (Wildman–Crippen MR) is 52.9 cm³/mol. The Morgan fingerprint density at radius 3 is 2.71 bits per heavy atom. The van der Waals surface area contributed by atoms with E-state index in [-0.39, 0.29) is 0 Å². The zero-order chi connectivity index (χ0) is 10.3. The van der Waals surface area contributed by atoms with Crippen LogP contribution in [0.4, 0.5) is 13.2 Å². The third-order valence-corrected chi connectivity index (χ3v) is 2.59. The van der Waals surface area contributed by atoms with E-state index in [1.54, 1.807) is 4.40 Å². The molecule has 0 aromatic carbocycles. The standard InChI is InChI=1S/C8H4F3IN2/c9-8(10,11)5-1-2-14-6(12)4-13-7(14)3-5/h1-4H. The van der Waals surface area contributed by atoms with Crippen molar-refractivity contribution in [3.8, 4) is 0 Å². The fourth-order valence-corrected chi connectivity index (χ4v) is 1.67. The molecule has 0 aliphatic heterocycles. The van der Waals surface area contributed by atoms with E-state index >= 15 is 0 Å². The van der Waals surface area contributed by atoms with Crippen LogP contribution in [0.2, 0.25) is 0 Å². The summed E-state index contributed by atoms with van der Waals surface area (Å²) in [5.41, 5.74) is -0.365. The molecule has 0 aliphatic carbocycles. The maximum Gasteiger partial charge on any atom is 0.416 e. The molecule has 0 amide bonds. The number of alkyl halides is 3. The molecule has 0 bridgehead atoms. The Balaban J connectivity index is 2.63. The molecular weight excluding hydrogens is 308 g/mol. The van der Waals surface area contributed by atoms with Gasteiger partial charge in [-0.3, -0.25) is 4.40 Å². The van der Waals surface area contributed by atoms with Crippen LogP contribution in [0.5, 0.6) is 0 Å². The fourth-order valence-electron chi connectivity index (χ4n) is 1.13. The molecule has 0 N–H and O–H groups in total. The van der Waals surface area contributed by atoms with E-state index in [1.807, 2.05) is 22.6 Å². The Labute approximate surface area is 90.9 Å². The summed E-state index contributed by atoms with van der Waals surface area (Å²) in [6, 6.07) is 2.07. The topological polar surface area (TPSA) is 17.3 Å². The molecule has 0 fully saturated rings. The van der Waals surface area contributed by atoms with Crippen molar-refractivity contribution < 1.29 is 13.2 Å². The molecule has 0 radical (unpaired) electrons. The minimum absolute atomic E-state index is 0.309. The molecule has 0 aliphatic rings. The minimum Gasteiger partial charge on any atom is -0.295 e. The number of halogens is 4. The van der Waals surface area contributed by atoms with Crippen LogP contribution in [0.3, 0.4) is 0 Å². The van der Waals surface area contributed by atoms with Gasteiger partial charge in [0, 0.05) is 6.20 Å². The lowest BCUT2D eigenvalue weighted by atomic mass is 10.2. The summed E-state index contributed by atoms with van der Waals surface area (Å²) in [5.74, 6) is 0. The molecule has 2 nitrogen and oxygen atoms in total. The Kier molecular flexibility index (Phi) is 2.17. The summed E-state index contributed by atoms with van der Waals surface area (Å²) in [4.78, 5) is 3.85. The fraction of sp³-hybridized carbons (Fsp3) is 0.125. The first-order valence-corrected chi connectivity index (χ1v) is 4.76. The lowest BCUT2D eigenvalue weighted by molar-refractivity contribution is -0.137. The van der Waals surface area contributed by atoms with Crippen LogP contribution in [0.1, 0.15) is 5.56 Å². The highest BCUT2D eigenvalue weighted by Crippen LogP contribution is 2.29. The minimum atomic E-state index is -4.31. The van der Waals surface area contributed by atoms with Crippen molar-refractivity contribution in [3.05, 3.63) is 33.8 Å².